The Balaban J connectivity index is 2.93. The molecule has 0 saturated heterocycles. The first-order valence-corrected chi connectivity index (χ1v) is 6.14. The third kappa shape index (κ3) is 2.17. The second-order valence-electron chi connectivity index (χ2n) is 6.10. The average molecular weight is 240 g/mol. The van der Waals surface area contributed by atoms with Gasteiger partial charge < -0.3 is 15.2 Å². The topological polar surface area (TPSA) is 69.2 Å². The summed E-state index contributed by atoms with van der Waals surface area (Å²) in [4.78, 5) is 23.3. The van der Waals surface area contributed by atoms with Gasteiger partial charge in [-0.05, 0) is 32.1 Å². The van der Waals surface area contributed by atoms with Crippen molar-refractivity contribution in [3.63, 3.8) is 0 Å². The van der Waals surface area contributed by atoms with Gasteiger partial charge in [0.1, 0.15) is 0 Å². The zero-order chi connectivity index (χ0) is 13.4. The van der Waals surface area contributed by atoms with Gasteiger partial charge in [0.15, 0.2) is 0 Å². The van der Waals surface area contributed by atoms with E-state index < -0.39 is 16.8 Å². The number of carbonyl (C=O) groups is 2. The van der Waals surface area contributed by atoms with Crippen molar-refractivity contribution in [2.45, 2.75) is 53.5 Å². The third-order valence-corrected chi connectivity index (χ3v) is 4.42. The summed E-state index contributed by atoms with van der Waals surface area (Å²) in [5.74, 6) is -1.36. The van der Waals surface area contributed by atoms with Crippen LogP contribution < -0.4 is 10.4 Å². The van der Waals surface area contributed by atoms with E-state index in [9.17, 15) is 14.7 Å². The van der Waals surface area contributed by atoms with Crippen molar-refractivity contribution in [1.29, 1.82) is 0 Å². The minimum Gasteiger partial charge on any atom is -0.550 e. The maximum absolute atomic E-state index is 12.1. The van der Waals surface area contributed by atoms with Crippen molar-refractivity contribution >= 4 is 11.9 Å². The van der Waals surface area contributed by atoms with Crippen molar-refractivity contribution in [3.8, 4) is 0 Å². The third-order valence-electron chi connectivity index (χ3n) is 4.42. The highest BCUT2D eigenvalue weighted by Gasteiger charge is 2.54. The first-order chi connectivity index (χ1) is 7.63. The molecule has 0 heterocycles. The molecule has 98 valence electrons. The van der Waals surface area contributed by atoms with Crippen LogP contribution in [-0.4, -0.2) is 17.9 Å². The van der Waals surface area contributed by atoms with Crippen molar-refractivity contribution in [3.05, 3.63) is 0 Å². The minimum atomic E-state index is -1.05. The van der Waals surface area contributed by atoms with E-state index >= 15 is 0 Å². The molecule has 0 radical (unpaired) electrons. The first kappa shape index (κ1) is 14.0. The van der Waals surface area contributed by atoms with Gasteiger partial charge in [0.05, 0.1) is 0 Å². The Bertz CT molecular complexity index is 336. The van der Waals surface area contributed by atoms with Crippen molar-refractivity contribution < 1.29 is 14.7 Å². The van der Waals surface area contributed by atoms with E-state index in [1.807, 2.05) is 27.7 Å². The molecule has 0 aliphatic heterocycles. The lowest BCUT2D eigenvalue weighted by Gasteiger charge is -2.42. The van der Waals surface area contributed by atoms with E-state index in [0.717, 1.165) is 0 Å². The lowest BCUT2D eigenvalue weighted by Crippen LogP contribution is -2.51. The second kappa shape index (κ2) is 4.31. The molecule has 4 nitrogen and oxygen atoms in total. The monoisotopic (exact) mass is 240 g/mol. The van der Waals surface area contributed by atoms with E-state index in [4.69, 9.17) is 0 Å². The predicted octanol–water partition coefficient (Wildman–Crippen LogP) is 0.703. The Morgan fingerprint density at radius 3 is 2.18 bits per heavy atom. The molecule has 1 fully saturated rings. The van der Waals surface area contributed by atoms with E-state index in [-0.39, 0.29) is 17.9 Å². The largest absolute Gasteiger partial charge is 0.550 e. The summed E-state index contributed by atoms with van der Waals surface area (Å²) >= 11 is 0. The summed E-state index contributed by atoms with van der Waals surface area (Å²) in [5, 5.41) is 14.2. The summed E-state index contributed by atoms with van der Waals surface area (Å²) in [6, 6.07) is 0.0770. The van der Waals surface area contributed by atoms with Crippen LogP contribution >= 0.6 is 0 Å². The van der Waals surface area contributed by atoms with Crippen LogP contribution in [0.1, 0.15) is 47.5 Å². The summed E-state index contributed by atoms with van der Waals surface area (Å²) in [5.41, 5.74) is -1.50. The molecule has 0 spiro atoms. The highest BCUT2D eigenvalue weighted by molar-refractivity contribution is 5.83. The van der Waals surface area contributed by atoms with Gasteiger partial charge in [0, 0.05) is 23.3 Å². The lowest BCUT2D eigenvalue weighted by molar-refractivity contribution is -0.323. The number of hydrogen-bond donors (Lipinski definition) is 1. The van der Waals surface area contributed by atoms with Gasteiger partial charge in [0.25, 0.3) is 0 Å². The number of aliphatic carboxylic acids is 1. The zero-order valence-corrected chi connectivity index (χ0v) is 11.3. The van der Waals surface area contributed by atoms with Crippen LogP contribution in [0.5, 0.6) is 0 Å². The Labute approximate surface area is 103 Å². The molecule has 4 heteroatoms. The fourth-order valence-corrected chi connectivity index (χ4v) is 2.71. The lowest BCUT2D eigenvalue weighted by atomic mass is 9.65. The van der Waals surface area contributed by atoms with E-state index in [2.05, 4.69) is 5.32 Å². The number of carboxylic acid groups (broad SMARTS) is 1. The van der Waals surface area contributed by atoms with Crippen molar-refractivity contribution in [1.82, 2.24) is 5.32 Å². The van der Waals surface area contributed by atoms with Crippen LogP contribution in [0, 0.1) is 16.7 Å². The molecule has 0 aromatic rings. The van der Waals surface area contributed by atoms with Crippen LogP contribution in [0.2, 0.25) is 0 Å². The molecule has 1 saturated carbocycles. The van der Waals surface area contributed by atoms with E-state index in [1.165, 1.54) is 0 Å². The summed E-state index contributed by atoms with van der Waals surface area (Å²) in [7, 11) is 0. The standard InChI is InChI=1S/C13H23NO3/c1-8(2)14-10(15)9-6-7-13(5,11(16)17)12(9,3)4/h8-9H,6-7H2,1-5H3,(H,14,15)(H,16,17)/p-1/t9-,13-/m0/s1. The summed E-state index contributed by atoms with van der Waals surface area (Å²) in [6.45, 7) is 9.18. The number of hydrogen-bond acceptors (Lipinski definition) is 3. The van der Waals surface area contributed by atoms with Gasteiger partial charge in [-0.15, -0.1) is 0 Å². The number of nitrogens with one attached hydrogen (secondary N) is 1. The molecule has 1 amide bonds. The summed E-state index contributed by atoms with van der Waals surface area (Å²) in [6.07, 6.45) is 1.11. The zero-order valence-electron chi connectivity index (χ0n) is 11.3. The maximum atomic E-state index is 12.1. The quantitative estimate of drug-likeness (QED) is 0.789. The van der Waals surface area contributed by atoms with E-state index in [1.54, 1.807) is 6.92 Å². The van der Waals surface area contributed by atoms with Gasteiger partial charge in [0.2, 0.25) is 5.91 Å². The van der Waals surface area contributed by atoms with Gasteiger partial charge >= 0.3 is 0 Å². The summed E-state index contributed by atoms with van der Waals surface area (Å²) < 4.78 is 0. The van der Waals surface area contributed by atoms with Crippen molar-refractivity contribution in [2.75, 3.05) is 0 Å². The van der Waals surface area contributed by atoms with Gasteiger partial charge in [-0.2, -0.15) is 0 Å². The SMILES string of the molecule is CC(C)NC(=O)[C@@H]1CC[C@@](C)(C(=O)[O-])C1(C)C. The molecule has 0 bridgehead atoms. The fraction of sp³-hybridized carbons (Fsp3) is 0.846. The molecular weight excluding hydrogens is 218 g/mol. The number of carbonyl (C=O) groups excluding carboxylic acids is 2. The molecule has 1 rings (SSSR count). The van der Waals surface area contributed by atoms with Crippen LogP contribution in [0.25, 0.3) is 0 Å². The molecule has 1 aliphatic rings. The molecule has 17 heavy (non-hydrogen) atoms. The molecule has 2 atom stereocenters. The first-order valence-electron chi connectivity index (χ1n) is 6.14. The number of amides is 1. The predicted molar refractivity (Wildman–Crippen MR) is 62.9 cm³/mol. The highest BCUT2D eigenvalue weighted by Crippen LogP contribution is 2.55. The van der Waals surface area contributed by atoms with Crippen LogP contribution in [0.3, 0.4) is 0 Å². The van der Waals surface area contributed by atoms with Crippen molar-refractivity contribution in [2.24, 2.45) is 16.7 Å². The number of rotatable bonds is 3. The second-order valence-corrected chi connectivity index (χ2v) is 6.10. The molecule has 1 N–H and O–H groups in total. The van der Waals surface area contributed by atoms with Gasteiger partial charge in [-0.1, -0.05) is 20.8 Å². The molecule has 1 aliphatic carbocycles. The molecule has 0 aromatic carbocycles. The number of carboxylic acids is 1. The average Bonchev–Trinajstić information content (AvgIpc) is 2.38. The Kier molecular flexibility index (Phi) is 3.55. The van der Waals surface area contributed by atoms with Crippen LogP contribution in [0.4, 0.5) is 0 Å². The smallest absolute Gasteiger partial charge is 0.223 e. The van der Waals surface area contributed by atoms with Gasteiger partial charge in [-0.25, -0.2) is 0 Å². The Morgan fingerprint density at radius 2 is 1.82 bits per heavy atom. The van der Waals surface area contributed by atoms with Crippen LogP contribution in [0.15, 0.2) is 0 Å². The van der Waals surface area contributed by atoms with E-state index in [0.29, 0.717) is 12.8 Å². The Hall–Kier alpha value is -1.06. The highest BCUT2D eigenvalue weighted by atomic mass is 16.4. The molecule has 0 unspecified atom stereocenters. The molecule has 0 aromatic heterocycles. The van der Waals surface area contributed by atoms with Gasteiger partial charge in [-0.3, -0.25) is 4.79 Å². The fourth-order valence-electron chi connectivity index (χ4n) is 2.71. The molecular formula is C13H22NO3-. The normalized spacial score (nSPS) is 31.5. The minimum absolute atomic E-state index is 0.0463. The van der Waals surface area contributed by atoms with Crippen LogP contribution in [-0.2, 0) is 9.59 Å². The Morgan fingerprint density at radius 1 is 1.29 bits per heavy atom. The maximum Gasteiger partial charge on any atom is 0.223 e.